The lowest BCUT2D eigenvalue weighted by atomic mass is 9.94. The molecule has 0 spiro atoms. The highest BCUT2D eigenvalue weighted by atomic mass is 15.0. The third-order valence-corrected chi connectivity index (χ3v) is 14.6. The van der Waals surface area contributed by atoms with E-state index < -0.39 is 0 Å². The zero-order valence-corrected chi connectivity index (χ0v) is 41.5. The summed E-state index contributed by atoms with van der Waals surface area (Å²) in [5.41, 5.74) is 22.6. The van der Waals surface area contributed by atoms with Gasteiger partial charge in [-0.15, -0.1) is 0 Å². The molecule has 5 heteroatoms. The van der Waals surface area contributed by atoms with E-state index in [1.165, 1.54) is 66.1 Å². The molecule has 0 bridgehead atoms. The largest absolute Gasteiger partial charge is 0.309 e. The lowest BCUT2D eigenvalue weighted by Gasteiger charge is -2.19. The first-order valence-electron chi connectivity index (χ1n) is 25.1. The average molecular weight is 938 g/mol. The molecule has 0 fully saturated rings. The Hall–Kier alpha value is -9.19. The summed E-state index contributed by atoms with van der Waals surface area (Å²) < 4.78 is 4.88. The van der Waals surface area contributed by atoms with Gasteiger partial charge in [0.25, 0.3) is 0 Å². The number of para-hydroxylation sites is 2. The fourth-order valence-electron chi connectivity index (χ4n) is 11.2. The number of aromatic nitrogens is 5. The molecule has 73 heavy (non-hydrogen) atoms. The zero-order chi connectivity index (χ0) is 49.3. The Bertz CT molecular complexity index is 4250. The van der Waals surface area contributed by atoms with Crippen molar-refractivity contribution in [3.63, 3.8) is 0 Å². The summed E-state index contributed by atoms with van der Waals surface area (Å²) in [6.07, 6.45) is 0. The van der Waals surface area contributed by atoms with E-state index in [9.17, 15) is 0 Å². The van der Waals surface area contributed by atoms with Gasteiger partial charge < -0.3 is 9.13 Å². The van der Waals surface area contributed by atoms with Gasteiger partial charge in [0.1, 0.15) is 0 Å². The quantitative estimate of drug-likeness (QED) is 0.153. The lowest BCUT2D eigenvalue weighted by Crippen LogP contribution is -2.04. The summed E-state index contributed by atoms with van der Waals surface area (Å²) in [7, 11) is 0. The molecule has 0 N–H and O–H groups in total. The van der Waals surface area contributed by atoms with Crippen molar-refractivity contribution in [1.82, 2.24) is 24.1 Å². The van der Waals surface area contributed by atoms with Crippen LogP contribution >= 0.6 is 0 Å². The number of benzene rings is 10. The van der Waals surface area contributed by atoms with Gasteiger partial charge in [-0.1, -0.05) is 168 Å². The van der Waals surface area contributed by atoms with Crippen LogP contribution in [0.2, 0.25) is 0 Å². The molecule has 0 saturated carbocycles. The Balaban J connectivity index is 1.09. The first kappa shape index (κ1) is 43.8. The summed E-state index contributed by atoms with van der Waals surface area (Å²) in [5.74, 6) is 1.84. The van der Waals surface area contributed by atoms with E-state index in [-0.39, 0.29) is 0 Å². The highest BCUT2D eigenvalue weighted by Crippen LogP contribution is 2.44. The molecule has 0 radical (unpaired) electrons. The molecule has 5 nitrogen and oxygen atoms in total. The molecule has 0 saturated heterocycles. The maximum Gasteiger partial charge on any atom is 0.164 e. The standard InChI is InChI=1S/C68H51N5/c1-42-24-30-52(45(4)36-42)49-27-34-63-59(39-49)54-20-12-14-22-61(54)72(63)51-29-32-56(68-70-66(47-16-8-6-9-17-47)69-67(71-68)48-18-10-7-11-19-48)57(41-51)58-38-44(3)26-33-64(58)73-62-23-15-13-21-55(62)60-40-50(28-35-65(60)73)53-31-25-43(2)37-46(53)5/h6-41H,1-5H3. The summed E-state index contributed by atoms with van der Waals surface area (Å²) in [4.78, 5) is 15.8. The number of hydrogen-bond acceptors (Lipinski definition) is 3. The second-order valence-electron chi connectivity index (χ2n) is 19.6. The predicted octanol–water partition coefficient (Wildman–Crippen LogP) is 17.6. The number of aryl methyl sites for hydroxylation is 5. The van der Waals surface area contributed by atoms with Gasteiger partial charge in [0.15, 0.2) is 17.5 Å². The molecule has 13 rings (SSSR count). The van der Waals surface area contributed by atoms with E-state index in [1.54, 1.807) is 0 Å². The fourth-order valence-corrected chi connectivity index (χ4v) is 11.2. The first-order valence-corrected chi connectivity index (χ1v) is 25.1. The third kappa shape index (κ3) is 7.60. The molecular formula is C68H51N5. The van der Waals surface area contributed by atoms with Crippen LogP contribution in [-0.4, -0.2) is 24.1 Å². The molecule has 3 aromatic heterocycles. The summed E-state index contributed by atoms with van der Waals surface area (Å²) >= 11 is 0. The molecule has 0 aliphatic rings. The summed E-state index contributed by atoms with van der Waals surface area (Å²) in [6.45, 7) is 10.9. The molecule has 0 atom stereocenters. The van der Waals surface area contributed by atoms with Gasteiger partial charge in [0.05, 0.1) is 27.8 Å². The van der Waals surface area contributed by atoms with Gasteiger partial charge in [0.2, 0.25) is 0 Å². The van der Waals surface area contributed by atoms with Crippen molar-refractivity contribution in [2.75, 3.05) is 0 Å². The van der Waals surface area contributed by atoms with E-state index in [4.69, 9.17) is 15.0 Å². The first-order chi connectivity index (χ1) is 35.7. The summed E-state index contributed by atoms with van der Waals surface area (Å²) in [5, 5.41) is 4.82. The molecule has 0 aliphatic heterocycles. The van der Waals surface area contributed by atoms with Crippen LogP contribution < -0.4 is 0 Å². The Morgan fingerprint density at radius 1 is 0.274 bits per heavy atom. The molecule has 0 amide bonds. The molecular weight excluding hydrogens is 887 g/mol. The van der Waals surface area contributed by atoms with Crippen LogP contribution in [0.5, 0.6) is 0 Å². The smallest absolute Gasteiger partial charge is 0.164 e. The zero-order valence-electron chi connectivity index (χ0n) is 41.5. The maximum absolute atomic E-state index is 5.36. The van der Waals surface area contributed by atoms with Gasteiger partial charge in [-0.3, -0.25) is 0 Å². The van der Waals surface area contributed by atoms with Crippen molar-refractivity contribution in [3.05, 3.63) is 246 Å². The monoisotopic (exact) mass is 937 g/mol. The van der Waals surface area contributed by atoms with Crippen LogP contribution in [-0.2, 0) is 0 Å². The average Bonchev–Trinajstić information content (AvgIpc) is 3.93. The molecule has 0 unspecified atom stereocenters. The number of fused-ring (bicyclic) bond motifs is 6. The van der Waals surface area contributed by atoms with Crippen LogP contribution in [0.4, 0.5) is 0 Å². The topological polar surface area (TPSA) is 48.5 Å². The molecule has 13 aromatic rings. The Morgan fingerprint density at radius 2 is 0.726 bits per heavy atom. The molecule has 10 aromatic carbocycles. The highest BCUT2D eigenvalue weighted by Gasteiger charge is 2.23. The highest BCUT2D eigenvalue weighted by molar-refractivity contribution is 6.12. The van der Waals surface area contributed by atoms with Crippen molar-refractivity contribution >= 4 is 43.6 Å². The Labute approximate surface area is 425 Å². The van der Waals surface area contributed by atoms with E-state index >= 15 is 0 Å². The lowest BCUT2D eigenvalue weighted by molar-refractivity contribution is 1.07. The number of rotatable bonds is 8. The SMILES string of the molecule is Cc1ccc(-c2ccc3c(c2)c2ccccc2n3-c2ccc(-c3nc(-c4ccccc4)nc(-c4ccccc4)n3)c(-c3cc(C)ccc3-n3c4ccccc4c4cc(-c5ccc(C)cc5C)ccc43)c2)c(C)c1. The van der Waals surface area contributed by atoms with Gasteiger partial charge in [-0.05, 0) is 140 Å². The Kier molecular flexibility index (Phi) is 10.6. The minimum Gasteiger partial charge on any atom is -0.309 e. The van der Waals surface area contributed by atoms with Crippen molar-refractivity contribution in [1.29, 1.82) is 0 Å². The van der Waals surface area contributed by atoms with E-state index in [0.29, 0.717) is 17.5 Å². The fraction of sp³-hybridized carbons (Fsp3) is 0.0735. The van der Waals surface area contributed by atoms with Crippen molar-refractivity contribution in [2.24, 2.45) is 0 Å². The van der Waals surface area contributed by atoms with E-state index in [0.717, 1.165) is 66.8 Å². The van der Waals surface area contributed by atoms with Gasteiger partial charge in [0, 0.05) is 49.5 Å². The molecule has 0 aliphatic carbocycles. The van der Waals surface area contributed by atoms with Gasteiger partial charge >= 0.3 is 0 Å². The second kappa shape index (κ2) is 17.6. The third-order valence-electron chi connectivity index (χ3n) is 14.6. The van der Waals surface area contributed by atoms with E-state index in [2.05, 4.69) is 226 Å². The predicted molar refractivity (Wildman–Crippen MR) is 305 cm³/mol. The Morgan fingerprint density at radius 3 is 1.29 bits per heavy atom. The van der Waals surface area contributed by atoms with Crippen molar-refractivity contribution < 1.29 is 0 Å². The van der Waals surface area contributed by atoms with Gasteiger partial charge in [-0.25, -0.2) is 15.0 Å². The number of hydrogen-bond donors (Lipinski definition) is 0. The molecule has 348 valence electrons. The molecule has 3 heterocycles. The van der Waals surface area contributed by atoms with Crippen LogP contribution in [0.1, 0.15) is 27.8 Å². The van der Waals surface area contributed by atoms with Crippen LogP contribution in [0.15, 0.2) is 218 Å². The van der Waals surface area contributed by atoms with Crippen molar-refractivity contribution in [3.8, 4) is 78.9 Å². The van der Waals surface area contributed by atoms with Crippen molar-refractivity contribution in [2.45, 2.75) is 34.6 Å². The van der Waals surface area contributed by atoms with E-state index in [1.807, 2.05) is 36.4 Å². The maximum atomic E-state index is 5.36. The summed E-state index contributed by atoms with van der Waals surface area (Å²) in [6, 6.07) is 79.1. The van der Waals surface area contributed by atoms with Crippen LogP contribution in [0, 0.1) is 34.6 Å². The van der Waals surface area contributed by atoms with Crippen LogP contribution in [0.25, 0.3) is 123 Å². The van der Waals surface area contributed by atoms with Crippen LogP contribution in [0.3, 0.4) is 0 Å². The minimum atomic E-state index is 0.599. The van der Waals surface area contributed by atoms with Gasteiger partial charge in [-0.2, -0.15) is 0 Å². The number of nitrogens with zero attached hydrogens (tertiary/aromatic N) is 5. The normalized spacial score (nSPS) is 11.6. The second-order valence-corrected chi connectivity index (χ2v) is 19.6. The minimum absolute atomic E-state index is 0.599.